The minimum atomic E-state index is -0.175. The van der Waals surface area contributed by atoms with Crippen LogP contribution in [0.5, 0.6) is 0 Å². The Morgan fingerprint density at radius 3 is 2.70 bits per heavy atom. The normalized spacial score (nSPS) is 14.6. The zero-order valence-electron chi connectivity index (χ0n) is 12.2. The summed E-state index contributed by atoms with van der Waals surface area (Å²) in [4.78, 5) is 14.6. The molecule has 1 aromatic rings. The molecule has 1 aliphatic rings. The summed E-state index contributed by atoms with van der Waals surface area (Å²) in [6, 6.07) is 4.06. The van der Waals surface area contributed by atoms with Gasteiger partial charge in [-0.05, 0) is 32.3 Å². The van der Waals surface area contributed by atoms with E-state index >= 15 is 0 Å². The third-order valence-electron chi connectivity index (χ3n) is 3.78. The molecule has 2 heterocycles. The van der Waals surface area contributed by atoms with Gasteiger partial charge in [-0.1, -0.05) is 0 Å². The number of aryl methyl sites for hydroxylation is 1. The molecule has 1 saturated heterocycles. The smallest absolute Gasteiger partial charge is 0.270 e. The van der Waals surface area contributed by atoms with E-state index in [0.717, 1.165) is 43.7 Å². The first kappa shape index (κ1) is 14.6. The molecule has 0 unspecified atom stereocenters. The fourth-order valence-electron chi connectivity index (χ4n) is 2.71. The Balaban J connectivity index is 2.37. The minimum absolute atomic E-state index is 0.175. The van der Waals surface area contributed by atoms with Crippen molar-refractivity contribution in [2.24, 2.45) is 0 Å². The van der Waals surface area contributed by atoms with Crippen molar-refractivity contribution >= 4 is 5.69 Å². The first-order valence-electron chi connectivity index (χ1n) is 7.07. The van der Waals surface area contributed by atoms with Crippen LogP contribution in [0.4, 0.5) is 5.69 Å². The van der Waals surface area contributed by atoms with Crippen LogP contribution < -0.4 is 10.5 Å². The molecule has 20 heavy (non-hydrogen) atoms. The van der Waals surface area contributed by atoms with E-state index in [1.807, 2.05) is 13.0 Å². The van der Waals surface area contributed by atoms with Crippen LogP contribution in [0.25, 0.3) is 0 Å². The molecule has 108 valence electrons. The molecule has 0 aliphatic carbocycles. The maximum absolute atomic E-state index is 12.5. The number of methoxy groups -OCH3 is 1. The lowest BCUT2D eigenvalue weighted by atomic mass is 10.2. The van der Waals surface area contributed by atoms with Crippen molar-refractivity contribution in [3.8, 4) is 6.07 Å². The van der Waals surface area contributed by atoms with E-state index in [2.05, 4.69) is 11.0 Å². The topological polar surface area (TPSA) is 58.3 Å². The van der Waals surface area contributed by atoms with Gasteiger partial charge in [0.25, 0.3) is 5.56 Å². The highest BCUT2D eigenvalue weighted by Gasteiger charge is 2.20. The standard InChI is InChI=1S/C15H21N3O2/c1-12-10-14(17-6-3-4-7-17)13(11-16)15(19)18(12)8-5-9-20-2/h10H,3-9H2,1-2H3. The summed E-state index contributed by atoms with van der Waals surface area (Å²) in [5.41, 5.74) is 1.81. The molecule has 0 bridgehead atoms. The van der Waals surface area contributed by atoms with Gasteiger partial charge in [0.05, 0.1) is 5.69 Å². The van der Waals surface area contributed by atoms with E-state index in [0.29, 0.717) is 13.2 Å². The van der Waals surface area contributed by atoms with Crippen LogP contribution in [0, 0.1) is 18.3 Å². The molecule has 5 heteroatoms. The number of hydrogen-bond donors (Lipinski definition) is 0. The summed E-state index contributed by atoms with van der Waals surface area (Å²) in [5.74, 6) is 0. The summed E-state index contributed by atoms with van der Waals surface area (Å²) in [6.07, 6.45) is 3.02. The van der Waals surface area contributed by atoms with Gasteiger partial charge in [0.2, 0.25) is 0 Å². The first-order valence-corrected chi connectivity index (χ1v) is 7.07. The summed E-state index contributed by atoms with van der Waals surface area (Å²) < 4.78 is 6.69. The highest BCUT2D eigenvalue weighted by molar-refractivity contribution is 5.59. The van der Waals surface area contributed by atoms with Crippen LogP contribution in [-0.4, -0.2) is 31.4 Å². The van der Waals surface area contributed by atoms with Crippen molar-refractivity contribution in [3.05, 3.63) is 27.7 Å². The predicted octanol–water partition coefficient (Wildman–Crippen LogP) is 1.67. The zero-order chi connectivity index (χ0) is 14.5. The molecular weight excluding hydrogens is 254 g/mol. The Hall–Kier alpha value is -1.80. The van der Waals surface area contributed by atoms with Gasteiger partial charge in [-0.3, -0.25) is 4.79 Å². The molecule has 1 aliphatic heterocycles. The number of aromatic nitrogens is 1. The third kappa shape index (κ3) is 2.86. The average Bonchev–Trinajstić information content (AvgIpc) is 2.96. The van der Waals surface area contributed by atoms with Crippen molar-refractivity contribution < 1.29 is 4.74 Å². The van der Waals surface area contributed by atoms with Gasteiger partial charge in [-0.2, -0.15) is 5.26 Å². The summed E-state index contributed by atoms with van der Waals surface area (Å²) in [5, 5.41) is 9.33. The van der Waals surface area contributed by atoms with Crippen LogP contribution in [0.3, 0.4) is 0 Å². The largest absolute Gasteiger partial charge is 0.385 e. The third-order valence-corrected chi connectivity index (χ3v) is 3.78. The Kier molecular flexibility index (Phi) is 4.80. The molecular formula is C15H21N3O2. The maximum atomic E-state index is 12.5. The van der Waals surface area contributed by atoms with E-state index < -0.39 is 0 Å². The van der Waals surface area contributed by atoms with E-state index in [1.165, 1.54) is 0 Å². The molecule has 0 N–H and O–H groups in total. The van der Waals surface area contributed by atoms with Crippen molar-refractivity contribution in [2.45, 2.75) is 32.7 Å². The van der Waals surface area contributed by atoms with Gasteiger partial charge in [0.1, 0.15) is 11.6 Å². The molecule has 0 radical (unpaired) electrons. The fraction of sp³-hybridized carbons (Fsp3) is 0.600. The van der Waals surface area contributed by atoms with Crippen LogP contribution >= 0.6 is 0 Å². The van der Waals surface area contributed by atoms with Gasteiger partial charge < -0.3 is 14.2 Å². The highest BCUT2D eigenvalue weighted by atomic mass is 16.5. The zero-order valence-corrected chi connectivity index (χ0v) is 12.2. The quantitative estimate of drug-likeness (QED) is 0.767. The van der Waals surface area contributed by atoms with E-state index in [4.69, 9.17) is 4.74 Å². The van der Waals surface area contributed by atoms with Crippen LogP contribution in [0.15, 0.2) is 10.9 Å². The molecule has 0 atom stereocenters. The van der Waals surface area contributed by atoms with Gasteiger partial charge in [0.15, 0.2) is 0 Å². The van der Waals surface area contributed by atoms with E-state index in [-0.39, 0.29) is 11.1 Å². The van der Waals surface area contributed by atoms with Gasteiger partial charge in [-0.25, -0.2) is 0 Å². The van der Waals surface area contributed by atoms with Crippen LogP contribution in [0.2, 0.25) is 0 Å². The molecule has 1 fully saturated rings. The Bertz CT molecular complexity index is 566. The lowest BCUT2D eigenvalue weighted by Crippen LogP contribution is -2.29. The lowest BCUT2D eigenvalue weighted by Gasteiger charge is -2.21. The molecule has 5 nitrogen and oxygen atoms in total. The molecule has 0 aromatic carbocycles. The van der Waals surface area contributed by atoms with Gasteiger partial charge >= 0.3 is 0 Å². The summed E-state index contributed by atoms with van der Waals surface area (Å²) in [7, 11) is 1.65. The van der Waals surface area contributed by atoms with E-state index in [9.17, 15) is 10.1 Å². The number of nitriles is 1. The summed E-state index contributed by atoms with van der Waals surface area (Å²) in [6.45, 7) is 4.99. The van der Waals surface area contributed by atoms with Crippen LogP contribution in [0.1, 0.15) is 30.5 Å². The molecule has 1 aromatic heterocycles. The first-order chi connectivity index (χ1) is 9.69. The second kappa shape index (κ2) is 6.58. The predicted molar refractivity (Wildman–Crippen MR) is 78.1 cm³/mol. The summed E-state index contributed by atoms with van der Waals surface area (Å²) >= 11 is 0. The van der Waals surface area contributed by atoms with Crippen LogP contribution in [-0.2, 0) is 11.3 Å². The number of ether oxygens (including phenoxy) is 1. The Morgan fingerprint density at radius 2 is 2.10 bits per heavy atom. The fourth-order valence-corrected chi connectivity index (χ4v) is 2.71. The number of rotatable bonds is 5. The number of hydrogen-bond acceptors (Lipinski definition) is 4. The minimum Gasteiger partial charge on any atom is -0.385 e. The van der Waals surface area contributed by atoms with Crippen molar-refractivity contribution in [1.82, 2.24) is 4.57 Å². The SMILES string of the molecule is COCCCn1c(C)cc(N2CCCC2)c(C#N)c1=O. The second-order valence-electron chi connectivity index (χ2n) is 5.16. The molecule has 0 spiro atoms. The average molecular weight is 275 g/mol. The lowest BCUT2D eigenvalue weighted by molar-refractivity contribution is 0.189. The second-order valence-corrected chi connectivity index (χ2v) is 5.16. The highest BCUT2D eigenvalue weighted by Crippen LogP contribution is 2.23. The number of anilines is 1. The molecule has 0 saturated carbocycles. The van der Waals surface area contributed by atoms with Crippen molar-refractivity contribution in [1.29, 1.82) is 5.26 Å². The number of nitrogens with zero attached hydrogens (tertiary/aromatic N) is 3. The number of pyridine rings is 1. The molecule has 0 amide bonds. The van der Waals surface area contributed by atoms with E-state index in [1.54, 1.807) is 11.7 Å². The molecule has 2 rings (SSSR count). The van der Waals surface area contributed by atoms with Gasteiger partial charge in [-0.15, -0.1) is 0 Å². The Morgan fingerprint density at radius 1 is 1.40 bits per heavy atom. The van der Waals surface area contributed by atoms with Gasteiger partial charge in [0, 0.05) is 39.0 Å². The van der Waals surface area contributed by atoms with Crippen molar-refractivity contribution in [2.75, 3.05) is 31.7 Å². The van der Waals surface area contributed by atoms with Crippen molar-refractivity contribution in [3.63, 3.8) is 0 Å². The maximum Gasteiger partial charge on any atom is 0.270 e. The Labute approximate surface area is 119 Å². The monoisotopic (exact) mass is 275 g/mol.